The molecule has 0 amide bonds. The van der Waals surface area contributed by atoms with Crippen LogP contribution < -0.4 is 10.6 Å². The van der Waals surface area contributed by atoms with Gasteiger partial charge in [-0.3, -0.25) is 29.6 Å². The van der Waals surface area contributed by atoms with Crippen molar-refractivity contribution in [2.45, 2.75) is 26.9 Å². The molecule has 2 aromatic heterocycles. The Kier molecular flexibility index (Phi) is 8.03. The summed E-state index contributed by atoms with van der Waals surface area (Å²) in [6, 6.07) is 0. The van der Waals surface area contributed by atoms with Crippen molar-refractivity contribution in [2.24, 2.45) is 0 Å². The number of rotatable bonds is 11. The average Bonchev–Trinajstić information content (AvgIpc) is 3.05. The van der Waals surface area contributed by atoms with Crippen LogP contribution in [0.5, 0.6) is 0 Å². The molecule has 0 radical (unpaired) electrons. The van der Waals surface area contributed by atoms with E-state index in [1.807, 2.05) is 0 Å². The van der Waals surface area contributed by atoms with Crippen LogP contribution in [0.4, 0.5) is 11.4 Å². The summed E-state index contributed by atoms with van der Waals surface area (Å²) >= 11 is 6.32. The van der Waals surface area contributed by atoms with Gasteiger partial charge in [0.15, 0.2) is 4.60 Å². The minimum absolute atomic E-state index is 0.0116. The summed E-state index contributed by atoms with van der Waals surface area (Å²) in [5, 5.41) is 36.7. The highest BCUT2D eigenvalue weighted by Gasteiger charge is 2.23. The maximum absolute atomic E-state index is 11.0. The number of nitro groups is 2. The fraction of sp³-hybridized carbons (Fsp3) is 0.571. The van der Waals surface area contributed by atoms with Crippen LogP contribution in [0.15, 0.2) is 9.21 Å². The largest absolute Gasteiger partial charge is 0.324 e. The van der Waals surface area contributed by atoms with Crippen LogP contribution in [0.2, 0.25) is 0 Å². The van der Waals surface area contributed by atoms with Crippen molar-refractivity contribution in [2.75, 3.05) is 26.2 Å². The molecule has 0 aliphatic rings. The van der Waals surface area contributed by atoms with E-state index in [0.29, 0.717) is 55.3 Å². The lowest BCUT2D eigenvalue weighted by Gasteiger charge is -2.08. The van der Waals surface area contributed by atoms with Crippen molar-refractivity contribution < 1.29 is 9.85 Å². The molecule has 2 rings (SSSR count). The maximum atomic E-state index is 11.0. The zero-order valence-corrected chi connectivity index (χ0v) is 18.5. The standard InChI is InChI=1S/C14H20Br2N8O4/c1-9-11(23(25)26)14(16)22(19-9)8-6-18-4-3-17-5-7-21-10(2)12(24(27)28)13(15)20-21/h17-18H,3-8H2,1-2H3. The highest BCUT2D eigenvalue weighted by atomic mass is 79.9. The SMILES string of the molecule is Cc1nn(CCNCCNCCn2nc(Br)c([N+](=O)[O-])c2C)c(Br)c1[N+](=O)[O-]. The normalized spacial score (nSPS) is 11.1. The van der Waals surface area contributed by atoms with Gasteiger partial charge >= 0.3 is 11.4 Å². The number of nitrogens with one attached hydrogen (secondary N) is 2. The maximum Gasteiger partial charge on any atom is 0.324 e. The van der Waals surface area contributed by atoms with E-state index >= 15 is 0 Å². The Bertz CT molecular complexity index is 796. The fourth-order valence-corrected chi connectivity index (χ4v) is 3.93. The van der Waals surface area contributed by atoms with Gasteiger partial charge in [0.05, 0.1) is 22.9 Å². The first-order valence-corrected chi connectivity index (χ1v) is 9.98. The molecule has 0 saturated heterocycles. The Morgan fingerprint density at radius 2 is 1.43 bits per heavy atom. The van der Waals surface area contributed by atoms with Gasteiger partial charge in [0.1, 0.15) is 11.4 Å². The summed E-state index contributed by atoms with van der Waals surface area (Å²) in [5.74, 6) is 0. The summed E-state index contributed by atoms with van der Waals surface area (Å²) in [6.45, 7) is 6.90. The van der Waals surface area contributed by atoms with Crippen molar-refractivity contribution in [1.82, 2.24) is 30.2 Å². The second-order valence-electron chi connectivity index (χ2n) is 5.91. The van der Waals surface area contributed by atoms with E-state index in [0.717, 1.165) is 0 Å². The first-order chi connectivity index (χ1) is 13.2. The van der Waals surface area contributed by atoms with Crippen LogP contribution in [0.25, 0.3) is 0 Å². The summed E-state index contributed by atoms with van der Waals surface area (Å²) in [7, 11) is 0. The van der Waals surface area contributed by atoms with Gasteiger partial charge in [0.25, 0.3) is 0 Å². The van der Waals surface area contributed by atoms with Crippen LogP contribution in [0, 0.1) is 34.1 Å². The Morgan fingerprint density at radius 3 is 1.89 bits per heavy atom. The van der Waals surface area contributed by atoms with Crippen molar-refractivity contribution in [3.05, 3.63) is 40.8 Å². The van der Waals surface area contributed by atoms with Crippen molar-refractivity contribution >= 4 is 43.2 Å². The predicted octanol–water partition coefficient (Wildman–Crippen LogP) is 1.92. The van der Waals surface area contributed by atoms with Gasteiger partial charge in [-0.25, -0.2) is 0 Å². The highest BCUT2D eigenvalue weighted by Crippen LogP contribution is 2.28. The molecule has 0 aliphatic heterocycles. The minimum Gasteiger partial charge on any atom is -0.314 e. The first kappa shape index (κ1) is 22.4. The van der Waals surface area contributed by atoms with Crippen LogP contribution in [-0.4, -0.2) is 55.6 Å². The lowest BCUT2D eigenvalue weighted by atomic mass is 10.4. The molecule has 2 aromatic rings. The molecule has 14 heteroatoms. The lowest BCUT2D eigenvalue weighted by Crippen LogP contribution is -2.31. The van der Waals surface area contributed by atoms with Gasteiger partial charge in [0.2, 0.25) is 4.60 Å². The Hall–Kier alpha value is -1.90. The monoisotopic (exact) mass is 522 g/mol. The molecular weight excluding hydrogens is 504 g/mol. The average molecular weight is 524 g/mol. The minimum atomic E-state index is -0.450. The van der Waals surface area contributed by atoms with E-state index in [1.54, 1.807) is 23.2 Å². The molecule has 0 spiro atoms. The lowest BCUT2D eigenvalue weighted by molar-refractivity contribution is -0.386. The second-order valence-corrected chi connectivity index (χ2v) is 7.41. The van der Waals surface area contributed by atoms with E-state index in [-0.39, 0.29) is 16.0 Å². The Labute approximate surface area is 177 Å². The van der Waals surface area contributed by atoms with E-state index < -0.39 is 9.85 Å². The van der Waals surface area contributed by atoms with E-state index in [4.69, 9.17) is 0 Å². The second kappa shape index (κ2) is 10.0. The van der Waals surface area contributed by atoms with Crippen LogP contribution in [0.1, 0.15) is 11.4 Å². The highest BCUT2D eigenvalue weighted by molar-refractivity contribution is 9.10. The smallest absolute Gasteiger partial charge is 0.314 e. The quantitative estimate of drug-likeness (QED) is 0.258. The van der Waals surface area contributed by atoms with Gasteiger partial charge < -0.3 is 10.6 Å². The van der Waals surface area contributed by atoms with Crippen molar-refractivity contribution in [3.8, 4) is 0 Å². The third-order valence-electron chi connectivity index (χ3n) is 4.01. The summed E-state index contributed by atoms with van der Waals surface area (Å²) in [4.78, 5) is 21.0. The molecular formula is C14H20Br2N8O4. The third-order valence-corrected chi connectivity index (χ3v) is 5.33. The number of aromatic nitrogens is 4. The van der Waals surface area contributed by atoms with Gasteiger partial charge in [-0.2, -0.15) is 10.2 Å². The summed E-state index contributed by atoms with van der Waals surface area (Å²) in [6.07, 6.45) is 0. The molecule has 0 fully saturated rings. The topological polar surface area (TPSA) is 146 Å². The molecule has 0 atom stereocenters. The molecule has 2 N–H and O–H groups in total. The number of aryl methyl sites for hydroxylation is 1. The van der Waals surface area contributed by atoms with Crippen LogP contribution >= 0.6 is 31.9 Å². The molecule has 2 heterocycles. The zero-order chi connectivity index (χ0) is 20.8. The molecule has 154 valence electrons. The van der Waals surface area contributed by atoms with Crippen molar-refractivity contribution in [1.29, 1.82) is 0 Å². The van der Waals surface area contributed by atoms with Crippen LogP contribution in [-0.2, 0) is 13.1 Å². The van der Waals surface area contributed by atoms with Gasteiger partial charge in [-0.05, 0) is 45.7 Å². The number of halogens is 2. The number of hydrogen-bond donors (Lipinski definition) is 2. The molecule has 12 nitrogen and oxygen atoms in total. The van der Waals surface area contributed by atoms with Gasteiger partial charge in [-0.1, -0.05) is 0 Å². The number of nitrogens with zero attached hydrogens (tertiary/aromatic N) is 6. The molecule has 0 aromatic carbocycles. The zero-order valence-electron chi connectivity index (χ0n) is 15.3. The molecule has 0 bridgehead atoms. The fourth-order valence-electron chi connectivity index (χ4n) is 2.62. The molecule has 0 aliphatic carbocycles. The van der Waals surface area contributed by atoms with Gasteiger partial charge in [-0.15, -0.1) is 0 Å². The first-order valence-electron chi connectivity index (χ1n) is 8.40. The van der Waals surface area contributed by atoms with Crippen molar-refractivity contribution in [3.63, 3.8) is 0 Å². The predicted molar refractivity (Wildman–Crippen MR) is 108 cm³/mol. The van der Waals surface area contributed by atoms with E-state index in [9.17, 15) is 20.2 Å². The molecule has 0 saturated carbocycles. The van der Waals surface area contributed by atoms with Gasteiger partial charge in [0, 0.05) is 26.2 Å². The number of hydrogen-bond acceptors (Lipinski definition) is 8. The van der Waals surface area contributed by atoms with Crippen LogP contribution in [0.3, 0.4) is 0 Å². The Balaban J connectivity index is 1.66. The molecule has 28 heavy (non-hydrogen) atoms. The summed E-state index contributed by atoms with van der Waals surface area (Å²) < 4.78 is 3.74. The van der Waals surface area contributed by atoms with E-state index in [1.165, 1.54) is 0 Å². The molecule has 0 unspecified atom stereocenters. The van der Waals surface area contributed by atoms with E-state index in [2.05, 4.69) is 52.7 Å². The summed E-state index contributed by atoms with van der Waals surface area (Å²) in [5.41, 5.74) is 0.856. The Morgan fingerprint density at radius 1 is 0.893 bits per heavy atom. The third kappa shape index (κ3) is 5.33.